The average molecular weight is 257 g/mol. The highest BCUT2D eigenvalue weighted by molar-refractivity contribution is 4.78. The van der Waals surface area contributed by atoms with Crippen LogP contribution in [0.4, 0.5) is 0 Å². The molecule has 0 aromatic rings. The molecule has 0 aliphatic rings. The molecule has 0 spiro atoms. The summed E-state index contributed by atoms with van der Waals surface area (Å²) in [6.07, 6.45) is 6.38. The number of hydrogen-bond donors (Lipinski definition) is 1. The summed E-state index contributed by atoms with van der Waals surface area (Å²) in [6, 6.07) is 0.505. The summed E-state index contributed by atoms with van der Waals surface area (Å²) in [7, 11) is 1.79. The van der Waals surface area contributed by atoms with E-state index in [-0.39, 0.29) is 5.60 Å². The highest BCUT2D eigenvalue weighted by Gasteiger charge is 2.22. The van der Waals surface area contributed by atoms with Gasteiger partial charge in [-0.15, -0.1) is 0 Å². The molecule has 18 heavy (non-hydrogen) atoms. The lowest BCUT2D eigenvalue weighted by molar-refractivity contribution is 0.00780. The van der Waals surface area contributed by atoms with Gasteiger partial charge in [0.05, 0.1) is 5.60 Å². The molecule has 0 saturated heterocycles. The zero-order chi connectivity index (χ0) is 14.2. The topological polar surface area (TPSA) is 21.3 Å². The Hall–Kier alpha value is -0.0800. The van der Waals surface area contributed by atoms with E-state index < -0.39 is 0 Å². The van der Waals surface area contributed by atoms with Crippen LogP contribution in [-0.4, -0.2) is 25.3 Å². The first kappa shape index (κ1) is 17.9. The SMILES string of the molecule is CCCCCC(C)(C)CNC(C)CC(C)(C)OC. The molecule has 0 bridgehead atoms. The molecule has 2 nitrogen and oxygen atoms in total. The van der Waals surface area contributed by atoms with Crippen molar-refractivity contribution in [1.82, 2.24) is 5.32 Å². The first-order valence-corrected chi connectivity index (χ1v) is 7.51. The molecule has 1 N–H and O–H groups in total. The van der Waals surface area contributed by atoms with Gasteiger partial charge in [0, 0.05) is 19.7 Å². The molecule has 1 unspecified atom stereocenters. The Morgan fingerprint density at radius 1 is 1.11 bits per heavy atom. The minimum atomic E-state index is -0.0290. The molecule has 0 radical (unpaired) electrons. The minimum absolute atomic E-state index is 0.0290. The molecule has 1 atom stereocenters. The molecule has 0 amide bonds. The summed E-state index contributed by atoms with van der Waals surface area (Å²) in [4.78, 5) is 0. The van der Waals surface area contributed by atoms with E-state index in [0.29, 0.717) is 11.5 Å². The van der Waals surface area contributed by atoms with Gasteiger partial charge in [-0.3, -0.25) is 0 Å². The van der Waals surface area contributed by atoms with Gasteiger partial charge in [-0.2, -0.15) is 0 Å². The number of hydrogen-bond acceptors (Lipinski definition) is 2. The average Bonchev–Trinajstić information content (AvgIpc) is 2.26. The Balaban J connectivity index is 3.92. The van der Waals surface area contributed by atoms with Crippen molar-refractivity contribution in [2.24, 2.45) is 5.41 Å². The molecule has 0 saturated carbocycles. The van der Waals surface area contributed by atoms with E-state index in [9.17, 15) is 0 Å². The van der Waals surface area contributed by atoms with Crippen LogP contribution < -0.4 is 5.32 Å². The second kappa shape index (κ2) is 8.16. The summed E-state index contributed by atoms with van der Waals surface area (Å²) in [5, 5.41) is 3.66. The van der Waals surface area contributed by atoms with Crippen molar-refractivity contribution >= 4 is 0 Å². The van der Waals surface area contributed by atoms with E-state index >= 15 is 0 Å². The summed E-state index contributed by atoms with van der Waals surface area (Å²) in [5.41, 5.74) is 0.374. The van der Waals surface area contributed by atoms with Crippen LogP contribution in [0.25, 0.3) is 0 Å². The second-order valence-corrected chi connectivity index (χ2v) is 7.07. The van der Waals surface area contributed by atoms with Crippen molar-refractivity contribution in [3.8, 4) is 0 Å². The van der Waals surface area contributed by atoms with Crippen LogP contribution in [0.2, 0.25) is 0 Å². The van der Waals surface area contributed by atoms with Crippen molar-refractivity contribution in [1.29, 1.82) is 0 Å². The van der Waals surface area contributed by atoms with Gasteiger partial charge in [0.2, 0.25) is 0 Å². The zero-order valence-electron chi connectivity index (χ0n) is 13.7. The first-order valence-electron chi connectivity index (χ1n) is 7.51. The van der Waals surface area contributed by atoms with Gasteiger partial charge in [-0.1, -0.05) is 40.0 Å². The van der Waals surface area contributed by atoms with Gasteiger partial charge in [-0.05, 0) is 39.0 Å². The molecular formula is C16H35NO. The number of ether oxygens (including phenoxy) is 1. The standard InChI is InChI=1S/C16H35NO/c1-8-9-10-11-15(3,4)13-17-14(2)12-16(5,6)18-7/h14,17H,8-13H2,1-7H3. The van der Waals surface area contributed by atoms with Gasteiger partial charge >= 0.3 is 0 Å². The Morgan fingerprint density at radius 3 is 2.22 bits per heavy atom. The third-order valence-corrected chi connectivity index (χ3v) is 3.74. The lowest BCUT2D eigenvalue weighted by Crippen LogP contribution is -2.40. The summed E-state index contributed by atoms with van der Waals surface area (Å²) in [5.74, 6) is 0. The number of unbranched alkanes of at least 4 members (excludes halogenated alkanes) is 2. The third kappa shape index (κ3) is 8.93. The Labute approximate surface area is 115 Å². The monoisotopic (exact) mass is 257 g/mol. The normalized spacial score (nSPS) is 14.8. The fourth-order valence-corrected chi connectivity index (χ4v) is 2.29. The number of nitrogens with one attached hydrogen (secondary N) is 1. The van der Waals surface area contributed by atoms with Crippen molar-refractivity contribution in [3.63, 3.8) is 0 Å². The summed E-state index contributed by atoms with van der Waals surface area (Å²) in [6.45, 7) is 14.6. The maximum Gasteiger partial charge on any atom is 0.0637 e. The zero-order valence-corrected chi connectivity index (χ0v) is 13.7. The van der Waals surface area contributed by atoms with Gasteiger partial charge in [0.25, 0.3) is 0 Å². The van der Waals surface area contributed by atoms with Crippen LogP contribution >= 0.6 is 0 Å². The third-order valence-electron chi connectivity index (χ3n) is 3.74. The Kier molecular flexibility index (Phi) is 8.13. The van der Waals surface area contributed by atoms with Crippen LogP contribution in [0.5, 0.6) is 0 Å². The number of methoxy groups -OCH3 is 1. The van der Waals surface area contributed by atoms with Crippen molar-refractivity contribution in [2.45, 2.75) is 85.3 Å². The summed E-state index contributed by atoms with van der Waals surface area (Å²) >= 11 is 0. The largest absolute Gasteiger partial charge is 0.379 e. The van der Waals surface area contributed by atoms with Crippen LogP contribution in [0, 0.1) is 5.41 Å². The predicted octanol–water partition coefficient (Wildman–Crippen LogP) is 4.39. The Morgan fingerprint density at radius 2 is 1.72 bits per heavy atom. The molecule has 0 aromatic carbocycles. The molecule has 110 valence electrons. The smallest absolute Gasteiger partial charge is 0.0637 e. The molecule has 2 heteroatoms. The van der Waals surface area contributed by atoms with E-state index in [0.717, 1.165) is 13.0 Å². The summed E-state index contributed by atoms with van der Waals surface area (Å²) < 4.78 is 5.48. The fraction of sp³-hybridized carbons (Fsp3) is 1.00. The molecule has 0 rings (SSSR count). The Bertz CT molecular complexity index is 211. The lowest BCUT2D eigenvalue weighted by atomic mass is 9.86. The van der Waals surface area contributed by atoms with Gasteiger partial charge in [-0.25, -0.2) is 0 Å². The van der Waals surface area contributed by atoms with E-state index in [1.165, 1.54) is 25.7 Å². The van der Waals surface area contributed by atoms with E-state index in [1.54, 1.807) is 7.11 Å². The molecule has 0 heterocycles. The molecule has 0 aliphatic carbocycles. The van der Waals surface area contributed by atoms with Gasteiger partial charge in [0.1, 0.15) is 0 Å². The maximum absolute atomic E-state index is 5.48. The predicted molar refractivity (Wildman–Crippen MR) is 81.1 cm³/mol. The first-order chi connectivity index (χ1) is 8.22. The van der Waals surface area contributed by atoms with Crippen LogP contribution in [0.3, 0.4) is 0 Å². The van der Waals surface area contributed by atoms with Gasteiger partial charge < -0.3 is 10.1 Å². The van der Waals surface area contributed by atoms with E-state index in [4.69, 9.17) is 4.74 Å². The van der Waals surface area contributed by atoms with Crippen LogP contribution in [0.15, 0.2) is 0 Å². The van der Waals surface area contributed by atoms with E-state index in [2.05, 4.69) is 46.9 Å². The maximum atomic E-state index is 5.48. The van der Waals surface area contributed by atoms with Crippen LogP contribution in [-0.2, 0) is 4.74 Å². The highest BCUT2D eigenvalue weighted by atomic mass is 16.5. The minimum Gasteiger partial charge on any atom is -0.379 e. The van der Waals surface area contributed by atoms with Gasteiger partial charge in [0.15, 0.2) is 0 Å². The van der Waals surface area contributed by atoms with Crippen molar-refractivity contribution in [2.75, 3.05) is 13.7 Å². The fourth-order valence-electron chi connectivity index (χ4n) is 2.29. The van der Waals surface area contributed by atoms with E-state index in [1.807, 2.05) is 0 Å². The number of rotatable bonds is 10. The van der Waals surface area contributed by atoms with Crippen LogP contribution in [0.1, 0.15) is 73.6 Å². The highest BCUT2D eigenvalue weighted by Crippen LogP contribution is 2.23. The van der Waals surface area contributed by atoms with Crippen molar-refractivity contribution in [3.05, 3.63) is 0 Å². The lowest BCUT2D eigenvalue weighted by Gasteiger charge is -2.31. The molecule has 0 aliphatic heterocycles. The van der Waals surface area contributed by atoms with Crippen molar-refractivity contribution < 1.29 is 4.74 Å². The molecule has 0 fully saturated rings. The molecule has 0 aromatic heterocycles. The quantitative estimate of drug-likeness (QED) is 0.586. The second-order valence-electron chi connectivity index (χ2n) is 7.07. The molecular weight excluding hydrogens is 222 g/mol.